The van der Waals surface area contributed by atoms with Crippen molar-refractivity contribution in [2.24, 2.45) is 0 Å². The molecule has 0 aromatic heterocycles. The zero-order valence-corrected chi connectivity index (χ0v) is 36.5. The minimum absolute atomic E-state index is 0.241. The van der Waals surface area contributed by atoms with Crippen LogP contribution in [0.15, 0.2) is 36.5 Å². The van der Waals surface area contributed by atoms with Crippen molar-refractivity contribution in [2.45, 2.75) is 242 Å². The zero-order chi connectivity index (χ0) is 42.6. The van der Waals surface area contributed by atoms with Crippen LogP contribution < -0.4 is 5.32 Å². The maximum Gasteiger partial charge on any atom is 0.249 e. The molecule has 1 amide bonds. The van der Waals surface area contributed by atoms with Crippen molar-refractivity contribution >= 4 is 5.91 Å². The number of amides is 1. The van der Waals surface area contributed by atoms with Gasteiger partial charge in [-0.05, 0) is 57.8 Å². The molecule has 9 atom stereocenters. The predicted octanol–water partition coefficient (Wildman–Crippen LogP) is 7.61. The minimum Gasteiger partial charge on any atom is -0.394 e. The second-order valence-electron chi connectivity index (χ2n) is 16.5. The summed E-state index contributed by atoms with van der Waals surface area (Å²) in [6.07, 6.45) is 30.5. The number of hydrogen-bond donors (Lipinski definition) is 8. The summed E-state index contributed by atoms with van der Waals surface area (Å²) < 4.78 is 11.1. The smallest absolute Gasteiger partial charge is 0.249 e. The fourth-order valence-corrected chi connectivity index (χ4v) is 7.22. The topological polar surface area (TPSA) is 189 Å². The number of aliphatic hydroxyl groups excluding tert-OH is 7. The van der Waals surface area contributed by atoms with E-state index in [2.05, 4.69) is 55.6 Å². The molecule has 0 radical (unpaired) electrons. The number of hydrogen-bond acceptors (Lipinski definition) is 10. The van der Waals surface area contributed by atoms with Gasteiger partial charge in [-0.15, -0.1) is 0 Å². The van der Waals surface area contributed by atoms with Crippen LogP contribution in [0.4, 0.5) is 0 Å². The second kappa shape index (κ2) is 37.1. The van der Waals surface area contributed by atoms with Crippen LogP contribution in [0, 0.1) is 0 Å². The summed E-state index contributed by atoms with van der Waals surface area (Å²) in [5.41, 5.74) is 0. The van der Waals surface area contributed by atoms with Gasteiger partial charge >= 0.3 is 0 Å². The highest BCUT2D eigenvalue weighted by Crippen LogP contribution is 2.23. The van der Waals surface area contributed by atoms with Gasteiger partial charge in [0.05, 0.1) is 25.4 Å². The van der Waals surface area contributed by atoms with E-state index < -0.39 is 74.2 Å². The largest absolute Gasteiger partial charge is 0.394 e. The molecule has 1 saturated heterocycles. The Morgan fingerprint density at radius 1 is 0.586 bits per heavy atom. The molecule has 340 valence electrons. The van der Waals surface area contributed by atoms with Crippen molar-refractivity contribution in [2.75, 3.05) is 13.2 Å². The molecule has 1 aliphatic heterocycles. The Hall–Kier alpha value is -1.67. The molecule has 0 aromatic carbocycles. The lowest BCUT2D eigenvalue weighted by Crippen LogP contribution is -2.60. The first-order chi connectivity index (χ1) is 28.2. The molecule has 1 rings (SSSR count). The molecule has 1 aliphatic rings. The molecule has 0 aliphatic carbocycles. The van der Waals surface area contributed by atoms with Gasteiger partial charge in [0, 0.05) is 0 Å². The number of ether oxygens (including phenoxy) is 2. The Labute approximate surface area is 352 Å². The molecule has 0 aromatic rings. The molecule has 0 bridgehead atoms. The summed E-state index contributed by atoms with van der Waals surface area (Å²) in [6.45, 7) is 3.37. The van der Waals surface area contributed by atoms with Crippen LogP contribution in [0.3, 0.4) is 0 Å². The lowest BCUT2D eigenvalue weighted by molar-refractivity contribution is -0.303. The van der Waals surface area contributed by atoms with Crippen LogP contribution in [0.5, 0.6) is 0 Å². The third-order valence-corrected chi connectivity index (χ3v) is 11.2. The van der Waals surface area contributed by atoms with E-state index in [1.54, 1.807) is 0 Å². The highest BCUT2D eigenvalue weighted by atomic mass is 16.7. The van der Waals surface area contributed by atoms with E-state index >= 15 is 0 Å². The third kappa shape index (κ3) is 26.5. The predicted molar refractivity (Wildman–Crippen MR) is 233 cm³/mol. The van der Waals surface area contributed by atoms with Crippen LogP contribution in [-0.2, 0) is 14.3 Å². The lowest BCUT2D eigenvalue weighted by atomic mass is 9.98. The van der Waals surface area contributed by atoms with E-state index in [9.17, 15) is 40.5 Å². The number of allylic oxidation sites excluding steroid dienone is 6. The molecule has 11 nitrogen and oxygen atoms in total. The van der Waals surface area contributed by atoms with Gasteiger partial charge in [0.25, 0.3) is 0 Å². The first-order valence-electron chi connectivity index (χ1n) is 23.4. The van der Waals surface area contributed by atoms with Crippen LogP contribution >= 0.6 is 0 Å². The van der Waals surface area contributed by atoms with Gasteiger partial charge in [-0.3, -0.25) is 4.79 Å². The normalized spacial score (nSPS) is 22.3. The number of rotatable bonds is 38. The molecular weight excluding hydrogens is 739 g/mol. The maximum atomic E-state index is 13.1. The molecule has 1 heterocycles. The summed E-state index contributed by atoms with van der Waals surface area (Å²) in [4.78, 5) is 13.1. The third-order valence-electron chi connectivity index (χ3n) is 11.2. The average molecular weight is 826 g/mol. The monoisotopic (exact) mass is 826 g/mol. The fraction of sp³-hybridized carbons (Fsp3) is 0.851. The van der Waals surface area contributed by atoms with Crippen molar-refractivity contribution in [3.8, 4) is 0 Å². The van der Waals surface area contributed by atoms with Gasteiger partial charge in [0.2, 0.25) is 5.91 Å². The van der Waals surface area contributed by atoms with Crippen LogP contribution in [0.1, 0.15) is 187 Å². The molecule has 0 spiro atoms. The van der Waals surface area contributed by atoms with Crippen LogP contribution in [-0.4, -0.2) is 110 Å². The molecule has 0 saturated carbocycles. The van der Waals surface area contributed by atoms with Gasteiger partial charge in [0.1, 0.15) is 36.6 Å². The summed E-state index contributed by atoms with van der Waals surface area (Å²) in [5.74, 6) is -0.713. The van der Waals surface area contributed by atoms with E-state index in [0.717, 1.165) is 51.4 Å². The molecule has 11 heteroatoms. The Balaban J connectivity index is 2.49. The molecule has 1 fully saturated rings. The first-order valence-corrected chi connectivity index (χ1v) is 23.4. The SMILES string of the molecule is CCCC/C=C/CC/C=C/CC/C=C/CCCC(O)C(O)C(COC1OC(CO)C(O)C(O)C1O)NC(=O)C(O)CCCCCCCCCCCCCCCCCC. The first kappa shape index (κ1) is 54.3. The number of nitrogens with one attached hydrogen (secondary N) is 1. The van der Waals surface area contributed by atoms with Gasteiger partial charge in [-0.25, -0.2) is 0 Å². The van der Waals surface area contributed by atoms with Crippen molar-refractivity contribution in [1.29, 1.82) is 0 Å². The molecule has 8 N–H and O–H groups in total. The van der Waals surface area contributed by atoms with E-state index in [4.69, 9.17) is 9.47 Å². The highest BCUT2D eigenvalue weighted by Gasteiger charge is 2.44. The van der Waals surface area contributed by atoms with Gasteiger partial charge in [0.15, 0.2) is 6.29 Å². The van der Waals surface area contributed by atoms with Crippen molar-refractivity contribution in [1.82, 2.24) is 5.32 Å². The Morgan fingerprint density at radius 2 is 1.03 bits per heavy atom. The standard InChI is InChI=1S/C47H87NO10/c1-3-5-7-9-11-13-15-17-19-21-23-25-27-29-31-33-35-40(51)46(56)48-38(37-57-47-45(55)44(54)43(53)41(36-49)58-47)42(52)39(50)34-32-30-28-26-24-22-20-18-16-14-12-10-8-6-4-2/h10,12,18,20,26,28,38-45,47,49-55H,3-9,11,13-17,19,21-25,27,29-37H2,1-2H3,(H,48,56)/b12-10+,20-18+,28-26+. The second-order valence-corrected chi connectivity index (χ2v) is 16.5. The van der Waals surface area contributed by atoms with Gasteiger partial charge in [-0.1, -0.05) is 166 Å². The van der Waals surface area contributed by atoms with E-state index in [1.807, 2.05) is 0 Å². The van der Waals surface area contributed by atoms with E-state index in [-0.39, 0.29) is 12.8 Å². The molecule has 58 heavy (non-hydrogen) atoms. The van der Waals surface area contributed by atoms with Crippen molar-refractivity contribution in [3.05, 3.63) is 36.5 Å². The van der Waals surface area contributed by atoms with Crippen LogP contribution in [0.25, 0.3) is 0 Å². The lowest BCUT2D eigenvalue weighted by Gasteiger charge is -2.40. The number of aliphatic hydroxyl groups is 7. The minimum atomic E-state index is -1.67. The Morgan fingerprint density at radius 3 is 1.52 bits per heavy atom. The summed E-state index contributed by atoms with van der Waals surface area (Å²) in [5, 5.41) is 75.6. The Kier molecular flexibility index (Phi) is 34.8. The van der Waals surface area contributed by atoms with Crippen LogP contribution in [0.2, 0.25) is 0 Å². The summed E-state index contributed by atoms with van der Waals surface area (Å²) >= 11 is 0. The van der Waals surface area contributed by atoms with Crippen molar-refractivity contribution < 1.29 is 50.0 Å². The molecule has 9 unspecified atom stereocenters. The highest BCUT2D eigenvalue weighted by molar-refractivity contribution is 5.80. The van der Waals surface area contributed by atoms with Gasteiger partial charge < -0.3 is 50.5 Å². The molecular formula is C47H87NO10. The van der Waals surface area contributed by atoms with E-state index in [1.165, 1.54) is 89.9 Å². The quantitative estimate of drug-likeness (QED) is 0.0227. The van der Waals surface area contributed by atoms with Crippen molar-refractivity contribution in [3.63, 3.8) is 0 Å². The Bertz CT molecular complexity index is 1040. The van der Waals surface area contributed by atoms with Gasteiger partial charge in [-0.2, -0.15) is 0 Å². The fourth-order valence-electron chi connectivity index (χ4n) is 7.22. The summed E-state index contributed by atoms with van der Waals surface area (Å²) in [6, 6.07) is -1.19. The van der Waals surface area contributed by atoms with E-state index in [0.29, 0.717) is 19.3 Å². The average Bonchev–Trinajstić information content (AvgIpc) is 3.22. The summed E-state index contributed by atoms with van der Waals surface area (Å²) in [7, 11) is 0. The maximum absolute atomic E-state index is 13.1. The zero-order valence-electron chi connectivity index (χ0n) is 36.5. The number of carbonyl (C=O) groups excluding carboxylic acids is 1. The number of carbonyl (C=O) groups is 1. The number of unbranched alkanes of at least 4 members (excludes halogenated alkanes) is 20.